The van der Waals surface area contributed by atoms with Crippen LogP contribution >= 0.6 is 12.2 Å². The fraction of sp³-hybridized carbons (Fsp3) is 0.800. The molecule has 0 aromatic rings. The number of carbonyl (C=O) groups is 1. The summed E-state index contributed by atoms with van der Waals surface area (Å²) < 4.78 is 4.88. The van der Waals surface area contributed by atoms with Crippen LogP contribution in [0.15, 0.2) is 0 Å². The van der Waals surface area contributed by atoms with Crippen LogP contribution in [0.4, 0.5) is 0 Å². The molecule has 0 rings (SSSR count). The Bertz CT molecular complexity index is 202. The van der Waals surface area contributed by atoms with Gasteiger partial charge in [-0.3, -0.25) is 4.79 Å². The molecule has 0 radical (unpaired) electrons. The molecule has 0 bridgehead atoms. The molecule has 0 saturated heterocycles. The van der Waals surface area contributed by atoms with Crippen molar-refractivity contribution in [3.63, 3.8) is 0 Å². The van der Waals surface area contributed by atoms with Crippen molar-refractivity contribution < 1.29 is 9.53 Å². The van der Waals surface area contributed by atoms with E-state index in [1.165, 1.54) is 7.11 Å². The summed E-state index contributed by atoms with van der Waals surface area (Å²) >= 11 is 4.92. The molecule has 1 atom stereocenters. The molecule has 1 amide bonds. The molecule has 1 unspecified atom stereocenters. The summed E-state index contributed by atoms with van der Waals surface area (Å²) in [5.74, 6) is 0.0664. The van der Waals surface area contributed by atoms with Crippen LogP contribution in [-0.4, -0.2) is 36.1 Å². The summed E-state index contributed by atoms with van der Waals surface area (Å²) in [5, 5.41) is 0.498. The molecule has 0 aliphatic rings. The first kappa shape index (κ1) is 13.4. The molecule has 14 heavy (non-hydrogen) atoms. The number of hydrogen-bond acceptors (Lipinski definition) is 3. The molecule has 0 heterocycles. The Morgan fingerprint density at radius 3 is 2.29 bits per heavy atom. The van der Waals surface area contributed by atoms with Gasteiger partial charge in [-0.05, 0) is 26.1 Å². The summed E-state index contributed by atoms with van der Waals surface area (Å²) in [4.78, 5) is 13.6. The summed E-state index contributed by atoms with van der Waals surface area (Å²) in [6.45, 7) is 7.33. The fourth-order valence-electron chi connectivity index (χ4n) is 1.27. The number of amides is 1. The van der Waals surface area contributed by atoms with Crippen molar-refractivity contribution in [1.82, 2.24) is 4.90 Å². The lowest BCUT2D eigenvalue weighted by Crippen LogP contribution is -2.35. The molecule has 0 saturated carbocycles. The fourth-order valence-corrected chi connectivity index (χ4v) is 1.52. The molecule has 0 N–H and O–H groups in total. The number of nitrogens with zero attached hydrogens (tertiary/aromatic N) is 1. The molecule has 0 spiro atoms. The van der Waals surface area contributed by atoms with E-state index in [1.807, 2.05) is 25.7 Å². The SMILES string of the molecule is CCN(CC)C(=O)C(C)CC(=S)OC. The normalized spacial score (nSPS) is 12.0. The van der Waals surface area contributed by atoms with Crippen molar-refractivity contribution in [3.8, 4) is 0 Å². The molecule has 0 aliphatic heterocycles. The number of thiocarbonyl (C=S) groups is 1. The number of ether oxygens (including phenoxy) is 1. The summed E-state index contributed by atoms with van der Waals surface area (Å²) in [7, 11) is 1.54. The van der Waals surface area contributed by atoms with Gasteiger partial charge in [-0.1, -0.05) is 6.92 Å². The predicted octanol–water partition coefficient (Wildman–Crippen LogP) is 1.85. The standard InChI is InChI=1S/C10H19NO2S/c1-5-11(6-2)10(12)8(3)7-9(14)13-4/h8H,5-7H2,1-4H3. The minimum Gasteiger partial charge on any atom is -0.490 e. The molecule has 82 valence electrons. The Labute approximate surface area is 91.4 Å². The minimum atomic E-state index is -0.0812. The lowest BCUT2D eigenvalue weighted by Gasteiger charge is -2.22. The quantitative estimate of drug-likeness (QED) is 0.658. The van der Waals surface area contributed by atoms with Gasteiger partial charge in [0.05, 0.1) is 7.11 Å². The maximum Gasteiger partial charge on any atom is 0.225 e. The maximum absolute atomic E-state index is 11.8. The van der Waals surface area contributed by atoms with E-state index in [0.717, 1.165) is 13.1 Å². The highest BCUT2D eigenvalue weighted by Gasteiger charge is 2.19. The van der Waals surface area contributed by atoms with Gasteiger partial charge < -0.3 is 9.64 Å². The highest BCUT2D eigenvalue weighted by atomic mass is 32.1. The third-order valence-electron chi connectivity index (χ3n) is 2.20. The highest BCUT2D eigenvalue weighted by Crippen LogP contribution is 2.08. The topological polar surface area (TPSA) is 29.5 Å². The molecule has 3 nitrogen and oxygen atoms in total. The van der Waals surface area contributed by atoms with Gasteiger partial charge >= 0.3 is 0 Å². The summed E-state index contributed by atoms with van der Waals surface area (Å²) in [6.07, 6.45) is 0.529. The lowest BCUT2D eigenvalue weighted by atomic mass is 10.1. The Morgan fingerprint density at radius 1 is 1.43 bits per heavy atom. The maximum atomic E-state index is 11.8. The van der Waals surface area contributed by atoms with Crippen molar-refractivity contribution in [3.05, 3.63) is 0 Å². The predicted molar refractivity (Wildman–Crippen MR) is 61.3 cm³/mol. The molecular formula is C10H19NO2S. The van der Waals surface area contributed by atoms with E-state index in [0.29, 0.717) is 11.5 Å². The van der Waals surface area contributed by atoms with Crippen LogP contribution in [0.2, 0.25) is 0 Å². The Balaban J connectivity index is 4.16. The van der Waals surface area contributed by atoms with Crippen LogP contribution in [0.25, 0.3) is 0 Å². The van der Waals surface area contributed by atoms with E-state index >= 15 is 0 Å². The number of rotatable bonds is 5. The molecular weight excluding hydrogens is 198 g/mol. The van der Waals surface area contributed by atoms with Gasteiger partial charge in [-0.2, -0.15) is 0 Å². The first-order valence-corrected chi connectivity index (χ1v) is 5.33. The first-order valence-electron chi connectivity index (χ1n) is 4.92. The summed E-state index contributed by atoms with van der Waals surface area (Å²) in [5.41, 5.74) is 0. The molecule has 4 heteroatoms. The Kier molecular flexibility index (Phi) is 6.45. The second-order valence-corrected chi connectivity index (χ2v) is 3.65. The van der Waals surface area contributed by atoms with E-state index in [4.69, 9.17) is 17.0 Å². The molecule has 0 aliphatic carbocycles. The van der Waals surface area contributed by atoms with Crippen LogP contribution in [0.3, 0.4) is 0 Å². The number of carbonyl (C=O) groups excluding carboxylic acids is 1. The third kappa shape index (κ3) is 4.05. The van der Waals surface area contributed by atoms with Crippen molar-refractivity contribution in [2.45, 2.75) is 27.2 Å². The van der Waals surface area contributed by atoms with Gasteiger partial charge in [0, 0.05) is 25.4 Å². The average Bonchev–Trinajstić information content (AvgIpc) is 2.19. The largest absolute Gasteiger partial charge is 0.490 e. The second kappa shape index (κ2) is 6.76. The van der Waals surface area contributed by atoms with Crippen LogP contribution < -0.4 is 0 Å². The van der Waals surface area contributed by atoms with Gasteiger partial charge in [-0.25, -0.2) is 0 Å². The van der Waals surface area contributed by atoms with E-state index < -0.39 is 0 Å². The average molecular weight is 217 g/mol. The van der Waals surface area contributed by atoms with Crippen LogP contribution in [0.1, 0.15) is 27.2 Å². The molecule has 0 aromatic carbocycles. The van der Waals surface area contributed by atoms with Crippen molar-refractivity contribution in [1.29, 1.82) is 0 Å². The zero-order chi connectivity index (χ0) is 11.1. The van der Waals surface area contributed by atoms with Crippen LogP contribution in [0.5, 0.6) is 0 Å². The van der Waals surface area contributed by atoms with Gasteiger partial charge in [0.1, 0.15) is 0 Å². The van der Waals surface area contributed by atoms with Crippen molar-refractivity contribution in [2.24, 2.45) is 5.92 Å². The summed E-state index contributed by atoms with van der Waals surface area (Å²) in [6, 6.07) is 0. The van der Waals surface area contributed by atoms with Gasteiger partial charge in [0.15, 0.2) is 5.05 Å². The first-order chi connectivity index (χ1) is 6.56. The van der Waals surface area contributed by atoms with E-state index in [2.05, 4.69) is 0 Å². The van der Waals surface area contributed by atoms with Gasteiger partial charge in [0.2, 0.25) is 5.91 Å². The number of hydrogen-bond donors (Lipinski definition) is 0. The Morgan fingerprint density at radius 2 is 1.93 bits per heavy atom. The van der Waals surface area contributed by atoms with E-state index in [-0.39, 0.29) is 11.8 Å². The second-order valence-electron chi connectivity index (χ2n) is 3.19. The van der Waals surface area contributed by atoms with Crippen LogP contribution in [-0.2, 0) is 9.53 Å². The van der Waals surface area contributed by atoms with Gasteiger partial charge in [-0.15, -0.1) is 0 Å². The van der Waals surface area contributed by atoms with E-state index in [1.54, 1.807) is 0 Å². The van der Waals surface area contributed by atoms with Crippen molar-refractivity contribution in [2.75, 3.05) is 20.2 Å². The van der Waals surface area contributed by atoms with E-state index in [9.17, 15) is 4.79 Å². The third-order valence-corrected chi connectivity index (χ3v) is 2.53. The van der Waals surface area contributed by atoms with Gasteiger partial charge in [0.25, 0.3) is 0 Å². The smallest absolute Gasteiger partial charge is 0.225 e. The molecule has 0 fully saturated rings. The van der Waals surface area contributed by atoms with Crippen molar-refractivity contribution >= 4 is 23.2 Å². The highest BCUT2D eigenvalue weighted by molar-refractivity contribution is 7.80. The number of methoxy groups -OCH3 is 1. The zero-order valence-corrected chi connectivity index (χ0v) is 10.2. The Hall–Kier alpha value is -0.640. The monoisotopic (exact) mass is 217 g/mol. The lowest BCUT2D eigenvalue weighted by molar-refractivity contribution is -0.134. The zero-order valence-electron chi connectivity index (χ0n) is 9.37. The minimum absolute atomic E-state index is 0.0812. The molecule has 0 aromatic heterocycles. The van der Waals surface area contributed by atoms with Crippen LogP contribution in [0, 0.1) is 5.92 Å².